The summed E-state index contributed by atoms with van der Waals surface area (Å²) in [6, 6.07) is 5.11. The summed E-state index contributed by atoms with van der Waals surface area (Å²) in [4.78, 5) is 11.7. The van der Waals surface area contributed by atoms with Gasteiger partial charge in [0, 0.05) is 18.7 Å². The van der Waals surface area contributed by atoms with E-state index >= 15 is 0 Å². The number of rotatable bonds is 4. The molecule has 4 nitrogen and oxygen atoms in total. The van der Waals surface area contributed by atoms with Crippen LogP contribution in [0.5, 0.6) is 5.75 Å². The lowest BCUT2D eigenvalue weighted by Crippen LogP contribution is -2.46. The smallest absolute Gasteiger partial charge is 0.258 e. The summed E-state index contributed by atoms with van der Waals surface area (Å²) in [5, 5.41) is 7.05. The number of ether oxygens (including phenoxy) is 1. The third kappa shape index (κ3) is 5.37. The average molecular weight is 340 g/mol. The van der Waals surface area contributed by atoms with Gasteiger partial charge in [-0.25, -0.2) is 0 Å². The van der Waals surface area contributed by atoms with Crippen molar-refractivity contribution in [3.63, 3.8) is 0 Å². The van der Waals surface area contributed by atoms with Gasteiger partial charge in [-0.3, -0.25) is 4.79 Å². The number of amides is 1. The van der Waals surface area contributed by atoms with Gasteiger partial charge in [-0.1, -0.05) is 23.2 Å². The molecule has 2 rings (SSSR count). The summed E-state index contributed by atoms with van der Waals surface area (Å²) in [5.41, 5.74) is 0. The molecule has 1 aromatic rings. The molecule has 2 N–H and O–H groups in total. The number of carbonyl (C=O) groups is 1. The zero-order valence-corrected chi connectivity index (χ0v) is 13.2. The van der Waals surface area contributed by atoms with E-state index in [-0.39, 0.29) is 31.0 Å². The van der Waals surface area contributed by atoms with Gasteiger partial charge in [0.2, 0.25) is 0 Å². The number of hydrogen-bond acceptors (Lipinski definition) is 3. The SMILES string of the molecule is Cl.O=C(COc1ccc(Cl)c(Cl)c1)NC1CCCNC1. The number of piperidine rings is 1. The maximum atomic E-state index is 11.7. The Hall–Kier alpha value is -0.680. The Morgan fingerprint density at radius 3 is 2.85 bits per heavy atom. The van der Waals surface area contributed by atoms with Crippen LogP contribution in [0.4, 0.5) is 0 Å². The predicted molar refractivity (Wildman–Crippen MR) is 83.2 cm³/mol. The van der Waals surface area contributed by atoms with Crippen molar-refractivity contribution in [2.75, 3.05) is 19.7 Å². The van der Waals surface area contributed by atoms with Crippen molar-refractivity contribution in [1.82, 2.24) is 10.6 Å². The van der Waals surface area contributed by atoms with Gasteiger partial charge in [0.25, 0.3) is 5.91 Å². The standard InChI is InChI=1S/C13H16Cl2N2O2.ClH/c14-11-4-3-10(6-12(11)15)19-8-13(18)17-9-2-1-5-16-7-9;/h3-4,6,9,16H,1-2,5,7-8H2,(H,17,18);1H. The second kappa shape index (κ2) is 8.57. The van der Waals surface area contributed by atoms with Crippen molar-refractivity contribution < 1.29 is 9.53 Å². The first kappa shape index (κ1) is 17.4. The molecule has 1 heterocycles. The Morgan fingerprint density at radius 2 is 2.20 bits per heavy atom. The van der Waals surface area contributed by atoms with E-state index in [4.69, 9.17) is 27.9 Å². The van der Waals surface area contributed by atoms with Crippen molar-refractivity contribution in [1.29, 1.82) is 0 Å². The zero-order valence-electron chi connectivity index (χ0n) is 10.8. The van der Waals surface area contributed by atoms with E-state index < -0.39 is 0 Å². The van der Waals surface area contributed by atoms with Crippen LogP contribution < -0.4 is 15.4 Å². The van der Waals surface area contributed by atoms with E-state index in [9.17, 15) is 4.79 Å². The number of hydrogen-bond donors (Lipinski definition) is 2. The monoisotopic (exact) mass is 338 g/mol. The van der Waals surface area contributed by atoms with Crippen LogP contribution in [0.2, 0.25) is 10.0 Å². The highest BCUT2D eigenvalue weighted by atomic mass is 35.5. The molecule has 1 fully saturated rings. The molecule has 0 aliphatic carbocycles. The maximum Gasteiger partial charge on any atom is 0.258 e. The highest BCUT2D eigenvalue weighted by Gasteiger charge is 2.15. The van der Waals surface area contributed by atoms with Crippen LogP contribution in [0.25, 0.3) is 0 Å². The van der Waals surface area contributed by atoms with Gasteiger partial charge in [-0.2, -0.15) is 0 Å². The first-order chi connectivity index (χ1) is 9.15. The summed E-state index contributed by atoms with van der Waals surface area (Å²) in [6.07, 6.45) is 2.09. The molecular weight excluding hydrogens is 323 g/mol. The molecule has 1 aliphatic rings. The minimum Gasteiger partial charge on any atom is -0.484 e. The molecule has 1 unspecified atom stereocenters. The first-order valence-electron chi connectivity index (χ1n) is 6.23. The van der Waals surface area contributed by atoms with E-state index in [1.165, 1.54) is 0 Å². The third-order valence-electron chi connectivity index (χ3n) is 2.92. The maximum absolute atomic E-state index is 11.7. The third-order valence-corrected chi connectivity index (χ3v) is 3.66. The second-order valence-electron chi connectivity index (χ2n) is 4.48. The fourth-order valence-electron chi connectivity index (χ4n) is 1.96. The summed E-state index contributed by atoms with van der Waals surface area (Å²) in [5.74, 6) is 0.408. The van der Waals surface area contributed by atoms with Crippen molar-refractivity contribution in [3.05, 3.63) is 28.2 Å². The quantitative estimate of drug-likeness (QED) is 0.887. The van der Waals surface area contributed by atoms with Crippen LogP contribution in [0.1, 0.15) is 12.8 Å². The zero-order chi connectivity index (χ0) is 13.7. The van der Waals surface area contributed by atoms with Crippen molar-refractivity contribution in [2.45, 2.75) is 18.9 Å². The van der Waals surface area contributed by atoms with E-state index in [2.05, 4.69) is 10.6 Å². The topological polar surface area (TPSA) is 50.4 Å². The van der Waals surface area contributed by atoms with Gasteiger partial charge in [0.15, 0.2) is 6.61 Å². The molecule has 0 aromatic heterocycles. The molecule has 1 amide bonds. The van der Waals surface area contributed by atoms with Crippen LogP contribution in [-0.2, 0) is 4.79 Å². The summed E-state index contributed by atoms with van der Waals surface area (Å²) in [6.45, 7) is 1.82. The van der Waals surface area contributed by atoms with Crippen molar-refractivity contribution >= 4 is 41.5 Å². The van der Waals surface area contributed by atoms with Gasteiger partial charge >= 0.3 is 0 Å². The molecule has 7 heteroatoms. The van der Waals surface area contributed by atoms with Gasteiger partial charge < -0.3 is 15.4 Å². The van der Waals surface area contributed by atoms with E-state index in [1.807, 2.05) is 0 Å². The molecule has 1 aliphatic heterocycles. The largest absolute Gasteiger partial charge is 0.484 e. The van der Waals surface area contributed by atoms with Gasteiger partial charge in [0.1, 0.15) is 5.75 Å². The lowest BCUT2D eigenvalue weighted by Gasteiger charge is -2.23. The summed E-state index contributed by atoms with van der Waals surface area (Å²) >= 11 is 11.7. The Bertz CT molecular complexity index is 451. The minimum absolute atomic E-state index is 0. The molecule has 0 bridgehead atoms. The highest BCUT2D eigenvalue weighted by Crippen LogP contribution is 2.26. The average Bonchev–Trinajstić information content (AvgIpc) is 2.41. The first-order valence-corrected chi connectivity index (χ1v) is 6.98. The lowest BCUT2D eigenvalue weighted by atomic mass is 10.1. The van der Waals surface area contributed by atoms with Gasteiger partial charge in [-0.05, 0) is 31.5 Å². The van der Waals surface area contributed by atoms with Gasteiger partial charge in [-0.15, -0.1) is 12.4 Å². The highest BCUT2D eigenvalue weighted by molar-refractivity contribution is 6.42. The number of nitrogens with one attached hydrogen (secondary N) is 2. The Balaban J connectivity index is 0.00000200. The normalized spacial score (nSPS) is 18.0. The fourth-order valence-corrected chi connectivity index (χ4v) is 2.25. The van der Waals surface area contributed by atoms with E-state index in [0.717, 1.165) is 25.9 Å². The van der Waals surface area contributed by atoms with Crippen LogP contribution >= 0.6 is 35.6 Å². The molecule has 0 saturated carbocycles. The van der Waals surface area contributed by atoms with Crippen molar-refractivity contribution in [2.24, 2.45) is 0 Å². The minimum atomic E-state index is -0.125. The Morgan fingerprint density at radius 1 is 1.40 bits per heavy atom. The van der Waals surface area contributed by atoms with Crippen LogP contribution in [0.3, 0.4) is 0 Å². The van der Waals surface area contributed by atoms with Crippen LogP contribution in [0, 0.1) is 0 Å². The Labute approximate surface area is 134 Å². The molecule has 1 atom stereocenters. The molecule has 20 heavy (non-hydrogen) atoms. The van der Waals surface area contributed by atoms with Crippen molar-refractivity contribution in [3.8, 4) is 5.75 Å². The molecule has 112 valence electrons. The Kier molecular flexibility index (Phi) is 7.45. The number of carbonyl (C=O) groups excluding carboxylic acids is 1. The number of halogens is 3. The van der Waals surface area contributed by atoms with Crippen LogP contribution in [-0.4, -0.2) is 31.6 Å². The fraction of sp³-hybridized carbons (Fsp3) is 0.462. The molecule has 1 saturated heterocycles. The summed E-state index contributed by atoms with van der Waals surface area (Å²) < 4.78 is 5.37. The molecular formula is C13H17Cl3N2O2. The number of benzene rings is 1. The van der Waals surface area contributed by atoms with E-state index in [0.29, 0.717) is 15.8 Å². The van der Waals surface area contributed by atoms with Crippen LogP contribution in [0.15, 0.2) is 18.2 Å². The molecule has 0 spiro atoms. The van der Waals surface area contributed by atoms with Gasteiger partial charge in [0.05, 0.1) is 10.0 Å². The molecule has 0 radical (unpaired) electrons. The second-order valence-corrected chi connectivity index (χ2v) is 5.29. The van der Waals surface area contributed by atoms with E-state index in [1.54, 1.807) is 18.2 Å². The predicted octanol–water partition coefficient (Wildman–Crippen LogP) is 2.66. The molecule has 1 aromatic carbocycles. The lowest BCUT2D eigenvalue weighted by molar-refractivity contribution is -0.123. The summed E-state index contributed by atoms with van der Waals surface area (Å²) in [7, 11) is 0.